The van der Waals surface area contributed by atoms with Gasteiger partial charge in [-0.15, -0.1) is 0 Å². The Balaban J connectivity index is 2.22. The van der Waals surface area contributed by atoms with Crippen molar-refractivity contribution >= 4 is 15.7 Å². The number of hydrogen-bond donors (Lipinski definition) is 1. The van der Waals surface area contributed by atoms with E-state index in [0.717, 1.165) is 12.6 Å². The molecule has 118 valence electrons. The molecule has 22 heavy (non-hydrogen) atoms. The standard InChI is InChI=1S/C13H12F3N3O2S/c1-22(20,21)10-4-2-3-9(5-10)6-18-12-11(13(14,15)16)7-17-8-19-12/h2-5,7-8H,6H2,1H3,(H,17,18,19). The molecule has 1 aromatic carbocycles. The number of rotatable bonds is 4. The number of aromatic nitrogens is 2. The number of anilines is 1. The minimum absolute atomic E-state index is 0.00343. The lowest BCUT2D eigenvalue weighted by molar-refractivity contribution is -0.137. The molecule has 2 rings (SSSR count). The number of sulfone groups is 1. The van der Waals surface area contributed by atoms with Crippen LogP contribution in [0.5, 0.6) is 0 Å². The van der Waals surface area contributed by atoms with Crippen molar-refractivity contribution in [2.45, 2.75) is 17.6 Å². The second-order valence-corrected chi connectivity index (χ2v) is 6.57. The summed E-state index contributed by atoms with van der Waals surface area (Å²) in [6, 6.07) is 5.95. The van der Waals surface area contributed by atoms with Crippen molar-refractivity contribution in [3.8, 4) is 0 Å². The minimum atomic E-state index is -4.57. The van der Waals surface area contributed by atoms with Crippen LogP contribution in [0, 0.1) is 0 Å². The lowest BCUT2D eigenvalue weighted by atomic mass is 10.2. The summed E-state index contributed by atoms with van der Waals surface area (Å²) in [7, 11) is -3.37. The third-order valence-electron chi connectivity index (χ3n) is 2.80. The van der Waals surface area contributed by atoms with Crippen molar-refractivity contribution in [2.24, 2.45) is 0 Å². The van der Waals surface area contributed by atoms with Gasteiger partial charge in [-0.2, -0.15) is 13.2 Å². The largest absolute Gasteiger partial charge is 0.421 e. The summed E-state index contributed by atoms with van der Waals surface area (Å²) in [4.78, 5) is 7.04. The van der Waals surface area contributed by atoms with E-state index in [1.807, 2.05) is 0 Å². The van der Waals surface area contributed by atoms with Crippen LogP contribution in [0.1, 0.15) is 11.1 Å². The molecule has 1 N–H and O–H groups in total. The molecule has 0 spiro atoms. The fraction of sp³-hybridized carbons (Fsp3) is 0.231. The van der Waals surface area contributed by atoms with Crippen LogP contribution in [0.15, 0.2) is 41.7 Å². The highest BCUT2D eigenvalue weighted by Gasteiger charge is 2.34. The molecule has 0 atom stereocenters. The zero-order chi connectivity index (χ0) is 16.4. The smallest absolute Gasteiger partial charge is 0.365 e. The summed E-state index contributed by atoms with van der Waals surface area (Å²) in [6.07, 6.45) is -1.82. The molecule has 1 heterocycles. The number of halogens is 3. The van der Waals surface area contributed by atoms with Gasteiger partial charge < -0.3 is 5.32 Å². The first-order chi connectivity index (χ1) is 10.2. The van der Waals surface area contributed by atoms with E-state index >= 15 is 0 Å². The molecule has 5 nitrogen and oxygen atoms in total. The van der Waals surface area contributed by atoms with Gasteiger partial charge in [-0.05, 0) is 17.7 Å². The molecule has 1 aromatic heterocycles. The van der Waals surface area contributed by atoms with Gasteiger partial charge in [0.25, 0.3) is 0 Å². The molecule has 0 bridgehead atoms. The average molecular weight is 331 g/mol. The fourth-order valence-corrected chi connectivity index (χ4v) is 2.44. The SMILES string of the molecule is CS(=O)(=O)c1cccc(CNc2ncncc2C(F)(F)F)c1. The number of nitrogens with one attached hydrogen (secondary N) is 1. The Hall–Kier alpha value is -2.16. The molecule has 0 aliphatic rings. The van der Waals surface area contributed by atoms with Crippen LogP contribution < -0.4 is 5.32 Å². The highest BCUT2D eigenvalue weighted by atomic mass is 32.2. The summed E-state index contributed by atoms with van der Waals surface area (Å²) >= 11 is 0. The van der Waals surface area contributed by atoms with Gasteiger partial charge in [-0.1, -0.05) is 12.1 Å². The Labute approximate surface area is 125 Å². The van der Waals surface area contributed by atoms with Crippen LogP contribution in [0.4, 0.5) is 19.0 Å². The molecule has 2 aromatic rings. The lowest BCUT2D eigenvalue weighted by Gasteiger charge is -2.12. The summed E-state index contributed by atoms with van der Waals surface area (Å²) in [5.74, 6) is -0.354. The Morgan fingerprint density at radius 2 is 2.00 bits per heavy atom. The maximum Gasteiger partial charge on any atom is 0.421 e. The first-order valence-corrected chi connectivity index (χ1v) is 7.97. The van der Waals surface area contributed by atoms with E-state index < -0.39 is 21.6 Å². The van der Waals surface area contributed by atoms with Crippen LogP contribution >= 0.6 is 0 Å². The lowest BCUT2D eigenvalue weighted by Crippen LogP contribution is -2.13. The highest BCUT2D eigenvalue weighted by molar-refractivity contribution is 7.90. The Kier molecular flexibility index (Phi) is 4.36. The van der Waals surface area contributed by atoms with Gasteiger partial charge in [0.05, 0.1) is 4.90 Å². The molecule has 0 radical (unpaired) electrons. The van der Waals surface area contributed by atoms with Crippen molar-refractivity contribution in [2.75, 3.05) is 11.6 Å². The first kappa shape index (κ1) is 16.2. The van der Waals surface area contributed by atoms with Crippen LogP contribution in [0.2, 0.25) is 0 Å². The van der Waals surface area contributed by atoms with Crippen molar-refractivity contribution in [1.29, 1.82) is 0 Å². The quantitative estimate of drug-likeness (QED) is 0.932. The molecule has 0 aliphatic heterocycles. The first-order valence-electron chi connectivity index (χ1n) is 6.08. The average Bonchev–Trinajstić information content (AvgIpc) is 2.44. The number of nitrogens with zero attached hydrogens (tertiary/aromatic N) is 2. The van der Waals surface area contributed by atoms with Crippen molar-refractivity contribution in [3.63, 3.8) is 0 Å². The van der Waals surface area contributed by atoms with E-state index in [1.165, 1.54) is 18.2 Å². The van der Waals surface area contributed by atoms with Crippen LogP contribution in [0.3, 0.4) is 0 Å². The summed E-state index contributed by atoms with van der Waals surface area (Å²) in [6.45, 7) is 0.00343. The van der Waals surface area contributed by atoms with Crippen LogP contribution in [0.25, 0.3) is 0 Å². The molecule has 0 saturated carbocycles. The van der Waals surface area contributed by atoms with Crippen molar-refractivity contribution in [3.05, 3.63) is 47.9 Å². The molecule has 0 aliphatic carbocycles. The minimum Gasteiger partial charge on any atom is -0.365 e. The zero-order valence-corrected chi connectivity index (χ0v) is 12.2. The maximum absolute atomic E-state index is 12.8. The van der Waals surface area contributed by atoms with Gasteiger partial charge in [-0.25, -0.2) is 18.4 Å². The number of benzene rings is 1. The van der Waals surface area contributed by atoms with Gasteiger partial charge in [0.1, 0.15) is 17.7 Å². The maximum atomic E-state index is 12.8. The summed E-state index contributed by atoms with van der Waals surface area (Å²) in [5, 5.41) is 2.55. The van der Waals surface area contributed by atoms with E-state index in [-0.39, 0.29) is 17.3 Å². The normalized spacial score (nSPS) is 12.2. The molecule has 0 unspecified atom stereocenters. The van der Waals surface area contributed by atoms with E-state index in [2.05, 4.69) is 15.3 Å². The highest BCUT2D eigenvalue weighted by Crippen LogP contribution is 2.33. The van der Waals surface area contributed by atoms with Crippen molar-refractivity contribution in [1.82, 2.24) is 9.97 Å². The Morgan fingerprint density at radius 3 is 2.64 bits per heavy atom. The predicted molar refractivity (Wildman–Crippen MR) is 73.9 cm³/mol. The third-order valence-corrected chi connectivity index (χ3v) is 3.91. The fourth-order valence-electron chi connectivity index (χ4n) is 1.75. The summed E-state index contributed by atoms with van der Waals surface area (Å²) < 4.78 is 61.3. The van der Waals surface area contributed by atoms with Gasteiger partial charge >= 0.3 is 6.18 Å². The Bertz CT molecular complexity index is 776. The third kappa shape index (κ3) is 3.94. The zero-order valence-electron chi connectivity index (χ0n) is 11.4. The van der Waals surface area contributed by atoms with Crippen molar-refractivity contribution < 1.29 is 21.6 Å². The van der Waals surface area contributed by atoms with E-state index in [9.17, 15) is 21.6 Å². The second kappa shape index (κ2) is 5.91. The molecule has 0 amide bonds. The van der Waals surface area contributed by atoms with Gasteiger partial charge in [-0.3, -0.25) is 0 Å². The van der Waals surface area contributed by atoms with Gasteiger partial charge in [0, 0.05) is 19.0 Å². The summed E-state index contributed by atoms with van der Waals surface area (Å²) in [5.41, 5.74) is -0.455. The number of alkyl halides is 3. The van der Waals surface area contributed by atoms with Gasteiger partial charge in [0.15, 0.2) is 9.84 Å². The monoisotopic (exact) mass is 331 g/mol. The molecule has 0 fully saturated rings. The van der Waals surface area contributed by atoms with Crippen LogP contribution in [-0.4, -0.2) is 24.6 Å². The number of hydrogen-bond acceptors (Lipinski definition) is 5. The van der Waals surface area contributed by atoms with E-state index in [0.29, 0.717) is 11.8 Å². The molecular weight excluding hydrogens is 319 g/mol. The van der Waals surface area contributed by atoms with E-state index in [1.54, 1.807) is 6.07 Å². The Morgan fingerprint density at radius 1 is 1.27 bits per heavy atom. The van der Waals surface area contributed by atoms with E-state index in [4.69, 9.17) is 0 Å². The molecular formula is C13H12F3N3O2S. The van der Waals surface area contributed by atoms with Gasteiger partial charge in [0.2, 0.25) is 0 Å². The predicted octanol–water partition coefficient (Wildman–Crippen LogP) is 2.51. The van der Waals surface area contributed by atoms with Crippen LogP contribution in [-0.2, 0) is 22.6 Å². The second-order valence-electron chi connectivity index (χ2n) is 4.56. The molecule has 9 heteroatoms. The topological polar surface area (TPSA) is 72.0 Å². The molecule has 0 saturated heterocycles.